The molecule has 0 heterocycles. The largest absolute Gasteiger partial charge is 0.454 e. The molecule has 3 N–H and O–H groups in total. The molecular weight excluding hydrogens is 352 g/mol. The normalized spacial score (nSPS) is 27.1. The zero-order chi connectivity index (χ0) is 19.4. The summed E-state index contributed by atoms with van der Waals surface area (Å²) >= 11 is 0. The summed E-state index contributed by atoms with van der Waals surface area (Å²) in [7, 11) is 0. The topological polar surface area (TPSA) is 113 Å². The summed E-state index contributed by atoms with van der Waals surface area (Å²) in [6.45, 7) is -0.551. The molecule has 2 aromatic rings. The van der Waals surface area contributed by atoms with Gasteiger partial charge in [-0.1, -0.05) is 36.4 Å². The molecular formula is C20H20O7. The highest BCUT2D eigenvalue weighted by atomic mass is 16.6. The van der Waals surface area contributed by atoms with Gasteiger partial charge in [0.2, 0.25) is 0 Å². The highest BCUT2D eigenvalue weighted by molar-refractivity contribution is 5.90. The summed E-state index contributed by atoms with van der Waals surface area (Å²) in [5, 5.41) is 30.0. The van der Waals surface area contributed by atoms with Crippen molar-refractivity contribution in [1.29, 1.82) is 0 Å². The van der Waals surface area contributed by atoms with E-state index in [2.05, 4.69) is 0 Å². The van der Waals surface area contributed by atoms with Gasteiger partial charge in [-0.3, -0.25) is 0 Å². The SMILES string of the molecule is O=C(O[C@@H]1[C@@H](O)[C@@H](O)[C@H](CO)[C@H]1OC(=O)c1ccccc1)c1ccccc1. The van der Waals surface area contributed by atoms with Crippen LogP contribution in [0.15, 0.2) is 60.7 Å². The molecule has 1 fully saturated rings. The van der Waals surface area contributed by atoms with Gasteiger partial charge in [-0.15, -0.1) is 0 Å². The first-order valence-electron chi connectivity index (χ1n) is 8.52. The fourth-order valence-corrected chi connectivity index (χ4v) is 3.11. The molecule has 7 heteroatoms. The number of benzene rings is 2. The first kappa shape index (κ1) is 19.0. The van der Waals surface area contributed by atoms with Gasteiger partial charge in [0.25, 0.3) is 0 Å². The van der Waals surface area contributed by atoms with Crippen LogP contribution in [0.1, 0.15) is 20.7 Å². The van der Waals surface area contributed by atoms with Crippen molar-refractivity contribution in [3.05, 3.63) is 71.8 Å². The van der Waals surface area contributed by atoms with E-state index in [1.807, 2.05) is 0 Å². The Morgan fingerprint density at radius 1 is 0.741 bits per heavy atom. The van der Waals surface area contributed by atoms with Crippen molar-refractivity contribution >= 4 is 11.9 Å². The number of aliphatic hydroxyl groups is 3. The molecule has 5 atom stereocenters. The van der Waals surface area contributed by atoms with Crippen LogP contribution in [0.5, 0.6) is 0 Å². The van der Waals surface area contributed by atoms with Crippen molar-refractivity contribution in [2.75, 3.05) is 6.61 Å². The molecule has 0 aliphatic heterocycles. The van der Waals surface area contributed by atoms with Gasteiger partial charge in [0, 0.05) is 0 Å². The average Bonchev–Trinajstić information content (AvgIpc) is 2.93. The third-order valence-electron chi connectivity index (χ3n) is 4.59. The van der Waals surface area contributed by atoms with E-state index in [1.165, 1.54) is 12.1 Å². The Balaban J connectivity index is 1.81. The van der Waals surface area contributed by atoms with Crippen molar-refractivity contribution < 1.29 is 34.4 Å². The number of esters is 2. The zero-order valence-corrected chi connectivity index (χ0v) is 14.3. The standard InChI is InChI=1S/C20H20O7/c21-11-14-15(22)16(23)18(27-20(25)13-9-5-2-6-10-13)17(14)26-19(24)12-7-3-1-4-8-12/h1-10,14-18,21-23H,11H2/t14-,15-,16-,17+,18+/m0/s1. The molecule has 27 heavy (non-hydrogen) atoms. The second kappa shape index (κ2) is 8.30. The van der Waals surface area contributed by atoms with Crippen molar-refractivity contribution in [3.63, 3.8) is 0 Å². The van der Waals surface area contributed by atoms with Crippen LogP contribution < -0.4 is 0 Å². The Bertz CT molecular complexity index is 777. The predicted molar refractivity (Wildman–Crippen MR) is 93.9 cm³/mol. The minimum absolute atomic E-state index is 0.250. The van der Waals surface area contributed by atoms with E-state index in [9.17, 15) is 24.9 Å². The first-order valence-corrected chi connectivity index (χ1v) is 8.52. The van der Waals surface area contributed by atoms with Gasteiger partial charge in [0.05, 0.1) is 29.8 Å². The maximum absolute atomic E-state index is 12.4. The Morgan fingerprint density at radius 3 is 1.63 bits per heavy atom. The molecule has 1 saturated carbocycles. The second-order valence-electron chi connectivity index (χ2n) is 6.30. The highest BCUT2D eigenvalue weighted by Crippen LogP contribution is 2.33. The van der Waals surface area contributed by atoms with Gasteiger partial charge in [-0.2, -0.15) is 0 Å². The van der Waals surface area contributed by atoms with E-state index < -0.39 is 48.9 Å². The summed E-state index contributed by atoms with van der Waals surface area (Å²) in [4.78, 5) is 24.7. The molecule has 0 bridgehead atoms. The summed E-state index contributed by atoms with van der Waals surface area (Å²) in [6, 6.07) is 16.3. The summed E-state index contributed by atoms with van der Waals surface area (Å²) in [6.07, 6.45) is -5.40. The van der Waals surface area contributed by atoms with Gasteiger partial charge in [-0.05, 0) is 24.3 Å². The predicted octanol–water partition coefficient (Wildman–Crippen LogP) is 0.781. The number of rotatable bonds is 5. The summed E-state index contributed by atoms with van der Waals surface area (Å²) in [5.41, 5.74) is 0.512. The lowest BCUT2D eigenvalue weighted by Gasteiger charge is -2.24. The Hall–Kier alpha value is -2.74. The van der Waals surface area contributed by atoms with Crippen molar-refractivity contribution in [2.45, 2.75) is 24.4 Å². The van der Waals surface area contributed by atoms with Crippen LogP contribution in [-0.4, -0.2) is 58.3 Å². The molecule has 0 aromatic heterocycles. The number of ether oxygens (including phenoxy) is 2. The molecule has 1 aliphatic carbocycles. The van der Waals surface area contributed by atoms with Crippen LogP contribution in [0.25, 0.3) is 0 Å². The number of hydrogen-bond acceptors (Lipinski definition) is 7. The Labute approximate surface area is 155 Å². The van der Waals surface area contributed by atoms with Crippen molar-refractivity contribution in [1.82, 2.24) is 0 Å². The van der Waals surface area contributed by atoms with Crippen LogP contribution in [-0.2, 0) is 9.47 Å². The fourth-order valence-electron chi connectivity index (χ4n) is 3.11. The number of hydrogen-bond donors (Lipinski definition) is 3. The number of carbonyl (C=O) groups excluding carboxylic acids is 2. The van der Waals surface area contributed by atoms with Gasteiger partial charge in [0.1, 0.15) is 12.2 Å². The van der Waals surface area contributed by atoms with Crippen LogP contribution in [0.3, 0.4) is 0 Å². The van der Waals surface area contributed by atoms with Gasteiger partial charge >= 0.3 is 11.9 Å². The maximum Gasteiger partial charge on any atom is 0.338 e. The van der Waals surface area contributed by atoms with E-state index in [4.69, 9.17) is 9.47 Å². The van der Waals surface area contributed by atoms with E-state index in [-0.39, 0.29) is 11.1 Å². The molecule has 0 unspecified atom stereocenters. The van der Waals surface area contributed by atoms with E-state index in [0.29, 0.717) is 0 Å². The molecule has 0 spiro atoms. The highest BCUT2D eigenvalue weighted by Gasteiger charge is 2.53. The van der Waals surface area contributed by atoms with Crippen LogP contribution in [0.4, 0.5) is 0 Å². The number of aliphatic hydroxyl groups excluding tert-OH is 3. The Morgan fingerprint density at radius 2 is 1.19 bits per heavy atom. The lowest BCUT2D eigenvalue weighted by molar-refractivity contribution is -0.0660. The molecule has 0 amide bonds. The quantitative estimate of drug-likeness (QED) is 0.665. The summed E-state index contributed by atoms with van der Waals surface area (Å²) < 4.78 is 10.7. The lowest BCUT2D eigenvalue weighted by Crippen LogP contribution is -2.39. The molecule has 142 valence electrons. The minimum Gasteiger partial charge on any atom is -0.454 e. The molecule has 1 aliphatic rings. The zero-order valence-electron chi connectivity index (χ0n) is 14.3. The maximum atomic E-state index is 12.4. The average molecular weight is 372 g/mol. The smallest absolute Gasteiger partial charge is 0.338 e. The number of carbonyl (C=O) groups is 2. The fraction of sp³-hybridized carbons (Fsp3) is 0.300. The van der Waals surface area contributed by atoms with Crippen LogP contribution in [0.2, 0.25) is 0 Å². The summed E-state index contributed by atoms with van der Waals surface area (Å²) in [5.74, 6) is -2.42. The van der Waals surface area contributed by atoms with E-state index in [1.54, 1.807) is 48.5 Å². The third-order valence-corrected chi connectivity index (χ3v) is 4.59. The molecule has 0 saturated heterocycles. The monoisotopic (exact) mass is 372 g/mol. The van der Waals surface area contributed by atoms with Gasteiger partial charge < -0.3 is 24.8 Å². The molecule has 3 rings (SSSR count). The van der Waals surface area contributed by atoms with Crippen molar-refractivity contribution in [2.24, 2.45) is 5.92 Å². The van der Waals surface area contributed by atoms with Crippen LogP contribution >= 0.6 is 0 Å². The van der Waals surface area contributed by atoms with Gasteiger partial charge in [-0.25, -0.2) is 9.59 Å². The second-order valence-corrected chi connectivity index (χ2v) is 6.30. The molecule has 0 radical (unpaired) electrons. The van der Waals surface area contributed by atoms with Crippen LogP contribution in [0, 0.1) is 5.92 Å². The van der Waals surface area contributed by atoms with Gasteiger partial charge in [0.15, 0.2) is 6.10 Å². The first-order chi connectivity index (χ1) is 13.0. The molecule has 7 nitrogen and oxygen atoms in total. The Kier molecular flexibility index (Phi) is 5.85. The lowest BCUT2D eigenvalue weighted by atomic mass is 10.0. The minimum atomic E-state index is -1.50. The third kappa shape index (κ3) is 4.00. The van der Waals surface area contributed by atoms with E-state index >= 15 is 0 Å². The van der Waals surface area contributed by atoms with Crippen molar-refractivity contribution in [3.8, 4) is 0 Å². The van der Waals surface area contributed by atoms with E-state index in [0.717, 1.165) is 0 Å². The molecule has 2 aromatic carbocycles.